The zero-order valence-corrected chi connectivity index (χ0v) is 18.1. The topological polar surface area (TPSA) is 77.6 Å². The maximum Gasteiger partial charge on any atom is 0.398 e. The lowest BCUT2D eigenvalue weighted by Crippen LogP contribution is -2.49. The maximum absolute atomic E-state index is 12.5. The first-order valence-corrected chi connectivity index (χ1v) is 11.1. The summed E-state index contributed by atoms with van der Waals surface area (Å²) in [5.74, 6) is -0.228. The average molecular weight is 468 g/mol. The van der Waals surface area contributed by atoms with Crippen LogP contribution in [0.4, 0.5) is 29.5 Å². The SMILES string of the molecule is O=C(NCCC(=O)N1CCN(c2ccccn2)CC1)Nc1ccccc1SCC(F)(F)F. The molecule has 0 spiro atoms. The van der Waals surface area contributed by atoms with Gasteiger partial charge in [-0.15, -0.1) is 11.8 Å². The molecule has 2 N–H and O–H groups in total. The van der Waals surface area contributed by atoms with E-state index in [0.717, 1.165) is 5.82 Å². The summed E-state index contributed by atoms with van der Waals surface area (Å²) in [6.07, 6.45) is -2.43. The number of anilines is 2. The van der Waals surface area contributed by atoms with E-state index >= 15 is 0 Å². The van der Waals surface area contributed by atoms with Gasteiger partial charge in [0.25, 0.3) is 0 Å². The van der Waals surface area contributed by atoms with Crippen molar-refractivity contribution in [2.75, 3.05) is 48.7 Å². The molecule has 1 fully saturated rings. The van der Waals surface area contributed by atoms with Crippen LogP contribution in [0.3, 0.4) is 0 Å². The molecule has 1 saturated heterocycles. The van der Waals surface area contributed by atoms with E-state index in [0.29, 0.717) is 42.8 Å². The van der Waals surface area contributed by atoms with Gasteiger partial charge in [-0.25, -0.2) is 9.78 Å². The van der Waals surface area contributed by atoms with Gasteiger partial charge in [0, 0.05) is 50.2 Å². The van der Waals surface area contributed by atoms with Crippen molar-refractivity contribution in [3.8, 4) is 0 Å². The van der Waals surface area contributed by atoms with Crippen molar-refractivity contribution in [1.29, 1.82) is 0 Å². The molecule has 2 aromatic rings. The number of alkyl halides is 3. The molecule has 1 aliphatic rings. The summed E-state index contributed by atoms with van der Waals surface area (Å²) in [6, 6.07) is 11.4. The minimum absolute atomic E-state index is 0.0629. The van der Waals surface area contributed by atoms with Gasteiger partial charge in [0.15, 0.2) is 0 Å². The third kappa shape index (κ3) is 7.33. The minimum atomic E-state index is -4.30. The van der Waals surface area contributed by atoms with Crippen LogP contribution in [-0.4, -0.2) is 66.5 Å². The molecule has 3 amide bonds. The molecule has 1 aromatic carbocycles. The summed E-state index contributed by atoms with van der Waals surface area (Å²) < 4.78 is 37.4. The predicted molar refractivity (Wildman–Crippen MR) is 118 cm³/mol. The maximum atomic E-state index is 12.5. The number of amides is 3. The van der Waals surface area contributed by atoms with Gasteiger partial charge in [0.1, 0.15) is 5.82 Å². The quantitative estimate of drug-likeness (QED) is 0.609. The van der Waals surface area contributed by atoms with Gasteiger partial charge < -0.3 is 20.4 Å². The summed E-state index contributed by atoms with van der Waals surface area (Å²) in [4.78, 5) is 33.1. The highest BCUT2D eigenvalue weighted by Gasteiger charge is 2.28. The molecule has 0 radical (unpaired) electrons. The number of thioether (sulfide) groups is 1. The number of pyridine rings is 1. The summed E-state index contributed by atoms with van der Waals surface area (Å²) in [6.45, 7) is 2.64. The van der Waals surface area contributed by atoms with E-state index in [-0.39, 0.29) is 24.6 Å². The third-order valence-electron chi connectivity index (χ3n) is 4.76. The van der Waals surface area contributed by atoms with Crippen LogP contribution in [0.5, 0.6) is 0 Å². The van der Waals surface area contributed by atoms with Gasteiger partial charge in [-0.2, -0.15) is 13.2 Å². The number of hydrogen-bond acceptors (Lipinski definition) is 5. The molecule has 172 valence electrons. The zero-order chi connectivity index (χ0) is 23.0. The molecule has 2 heterocycles. The second-order valence-corrected chi connectivity index (χ2v) is 8.10. The molecule has 0 saturated carbocycles. The molecule has 1 aromatic heterocycles. The minimum Gasteiger partial charge on any atom is -0.353 e. The number of carbonyl (C=O) groups is 2. The Bertz CT molecular complexity index is 906. The van der Waals surface area contributed by atoms with Crippen LogP contribution in [0, 0.1) is 0 Å². The number of urea groups is 1. The highest BCUT2D eigenvalue weighted by molar-refractivity contribution is 7.99. The van der Waals surface area contributed by atoms with Crippen molar-refractivity contribution in [2.24, 2.45) is 0 Å². The van der Waals surface area contributed by atoms with E-state index in [1.165, 1.54) is 12.1 Å². The van der Waals surface area contributed by atoms with E-state index in [9.17, 15) is 22.8 Å². The molecule has 1 aliphatic heterocycles. The zero-order valence-electron chi connectivity index (χ0n) is 17.3. The predicted octanol–water partition coefficient (Wildman–Crippen LogP) is 3.60. The van der Waals surface area contributed by atoms with Crippen LogP contribution in [0.25, 0.3) is 0 Å². The lowest BCUT2D eigenvalue weighted by Gasteiger charge is -2.35. The monoisotopic (exact) mass is 467 g/mol. The lowest BCUT2D eigenvalue weighted by molar-refractivity contribution is -0.131. The van der Waals surface area contributed by atoms with Gasteiger partial charge in [0.05, 0.1) is 11.4 Å². The second-order valence-electron chi connectivity index (χ2n) is 7.09. The van der Waals surface area contributed by atoms with Gasteiger partial charge >= 0.3 is 12.2 Å². The number of aromatic nitrogens is 1. The van der Waals surface area contributed by atoms with Crippen molar-refractivity contribution in [3.05, 3.63) is 48.7 Å². The highest BCUT2D eigenvalue weighted by atomic mass is 32.2. The van der Waals surface area contributed by atoms with E-state index in [1.807, 2.05) is 18.2 Å². The number of hydrogen-bond donors (Lipinski definition) is 2. The molecule has 0 bridgehead atoms. The summed E-state index contributed by atoms with van der Waals surface area (Å²) in [5, 5.41) is 5.13. The molecular formula is C21H24F3N5O2S. The van der Waals surface area contributed by atoms with Crippen molar-refractivity contribution < 1.29 is 22.8 Å². The molecule has 32 heavy (non-hydrogen) atoms. The average Bonchev–Trinajstić information content (AvgIpc) is 2.78. The van der Waals surface area contributed by atoms with Crippen LogP contribution in [0.15, 0.2) is 53.6 Å². The van der Waals surface area contributed by atoms with Crippen molar-refractivity contribution >= 4 is 35.2 Å². The van der Waals surface area contributed by atoms with Gasteiger partial charge in [-0.05, 0) is 24.3 Å². The Labute approximate surface area is 188 Å². The molecule has 0 atom stereocenters. The summed E-state index contributed by atoms with van der Waals surface area (Å²) >= 11 is 0.605. The number of piperazine rings is 1. The van der Waals surface area contributed by atoms with Crippen molar-refractivity contribution in [2.45, 2.75) is 17.5 Å². The second kappa shape index (κ2) is 11.1. The van der Waals surface area contributed by atoms with E-state index in [1.54, 1.807) is 23.2 Å². The normalized spacial score (nSPS) is 14.2. The Morgan fingerprint density at radius 1 is 1.03 bits per heavy atom. The summed E-state index contributed by atoms with van der Waals surface area (Å²) in [5.41, 5.74) is 0.288. The standard InChI is InChI=1S/C21H24F3N5O2S/c22-21(23,24)15-32-17-6-2-1-5-16(17)27-20(31)26-10-8-19(30)29-13-11-28(12-14-29)18-7-3-4-9-25-18/h1-7,9H,8,10-15H2,(H2,26,27,31). The third-order valence-corrected chi connectivity index (χ3v) is 5.90. The summed E-state index contributed by atoms with van der Waals surface area (Å²) in [7, 11) is 0. The molecule has 11 heteroatoms. The Kier molecular flexibility index (Phi) is 8.20. The number of nitrogens with zero attached hydrogens (tertiary/aromatic N) is 3. The van der Waals surface area contributed by atoms with Crippen LogP contribution in [0.2, 0.25) is 0 Å². The highest BCUT2D eigenvalue weighted by Crippen LogP contribution is 2.32. The van der Waals surface area contributed by atoms with E-state index < -0.39 is 18.0 Å². The van der Waals surface area contributed by atoms with E-state index in [2.05, 4.69) is 20.5 Å². The number of para-hydroxylation sites is 1. The van der Waals surface area contributed by atoms with Crippen LogP contribution >= 0.6 is 11.8 Å². The fourth-order valence-corrected chi connectivity index (χ4v) is 3.96. The Morgan fingerprint density at radius 2 is 1.75 bits per heavy atom. The van der Waals surface area contributed by atoms with E-state index in [4.69, 9.17) is 0 Å². The molecule has 0 unspecified atom stereocenters. The first-order valence-electron chi connectivity index (χ1n) is 10.1. The lowest BCUT2D eigenvalue weighted by atomic mass is 10.2. The van der Waals surface area contributed by atoms with Gasteiger partial charge in [-0.3, -0.25) is 4.79 Å². The fourth-order valence-electron chi connectivity index (χ4n) is 3.19. The Hall–Kier alpha value is -2.95. The fraction of sp³-hybridized carbons (Fsp3) is 0.381. The largest absolute Gasteiger partial charge is 0.398 e. The van der Waals surface area contributed by atoms with Crippen LogP contribution in [-0.2, 0) is 4.79 Å². The van der Waals surface area contributed by atoms with Gasteiger partial charge in [0.2, 0.25) is 5.91 Å². The van der Waals surface area contributed by atoms with Gasteiger partial charge in [-0.1, -0.05) is 18.2 Å². The number of halogens is 3. The first-order chi connectivity index (χ1) is 15.3. The first kappa shape index (κ1) is 23.7. The van der Waals surface area contributed by atoms with Crippen molar-refractivity contribution in [3.63, 3.8) is 0 Å². The van der Waals surface area contributed by atoms with Crippen LogP contribution in [0.1, 0.15) is 6.42 Å². The number of nitrogens with one attached hydrogen (secondary N) is 2. The number of rotatable bonds is 7. The molecule has 0 aliphatic carbocycles. The molecule has 7 nitrogen and oxygen atoms in total. The Balaban J connectivity index is 1.39. The van der Waals surface area contributed by atoms with Crippen molar-refractivity contribution in [1.82, 2.24) is 15.2 Å². The molecule has 3 rings (SSSR count). The Morgan fingerprint density at radius 3 is 2.44 bits per heavy atom. The molecular weight excluding hydrogens is 443 g/mol. The number of carbonyl (C=O) groups excluding carboxylic acids is 2. The number of benzene rings is 1. The smallest absolute Gasteiger partial charge is 0.353 e. The van der Waals surface area contributed by atoms with Crippen LogP contribution < -0.4 is 15.5 Å².